The number of para-hydroxylation sites is 1. The van der Waals surface area contributed by atoms with Gasteiger partial charge in [0.05, 0.1) is 12.0 Å². The van der Waals surface area contributed by atoms with Crippen molar-refractivity contribution in [1.82, 2.24) is 5.32 Å². The molecule has 0 saturated heterocycles. The lowest BCUT2D eigenvalue weighted by atomic mass is 10.0. The minimum atomic E-state index is -0.444. The van der Waals surface area contributed by atoms with E-state index in [4.69, 9.17) is 4.74 Å². The molecule has 0 radical (unpaired) electrons. The van der Waals surface area contributed by atoms with Crippen LogP contribution in [0.5, 0.6) is 0 Å². The maximum Gasteiger partial charge on any atom is 0.227 e. The van der Waals surface area contributed by atoms with Gasteiger partial charge in [-0.1, -0.05) is 25.1 Å². The molecule has 1 amide bonds. The van der Waals surface area contributed by atoms with E-state index in [2.05, 4.69) is 17.6 Å². The van der Waals surface area contributed by atoms with Crippen LogP contribution in [0.15, 0.2) is 24.3 Å². The third-order valence-corrected chi connectivity index (χ3v) is 3.00. The standard InChI is InChI=1S/C15H24N2O2/c1-5-16-11-12-8-6-7-9-13(12)17-14(18)10-15(2,3)19-4/h6-9,16H,5,10-11H2,1-4H3,(H,17,18). The van der Waals surface area contributed by atoms with Crippen LogP contribution < -0.4 is 10.6 Å². The zero-order valence-electron chi connectivity index (χ0n) is 12.2. The molecule has 4 heteroatoms. The first-order valence-electron chi connectivity index (χ1n) is 6.62. The molecule has 0 aliphatic carbocycles. The molecular weight excluding hydrogens is 240 g/mol. The summed E-state index contributed by atoms with van der Waals surface area (Å²) < 4.78 is 5.27. The number of hydrogen-bond donors (Lipinski definition) is 2. The second-order valence-electron chi connectivity index (χ2n) is 5.13. The maximum atomic E-state index is 12.0. The predicted molar refractivity (Wildman–Crippen MR) is 78.2 cm³/mol. The number of carbonyl (C=O) groups is 1. The molecule has 19 heavy (non-hydrogen) atoms. The number of anilines is 1. The van der Waals surface area contributed by atoms with Gasteiger partial charge in [-0.15, -0.1) is 0 Å². The monoisotopic (exact) mass is 264 g/mol. The van der Waals surface area contributed by atoms with Crippen LogP contribution in [-0.4, -0.2) is 25.2 Å². The Bertz CT molecular complexity index is 416. The highest BCUT2D eigenvalue weighted by atomic mass is 16.5. The molecule has 1 aromatic rings. The van der Waals surface area contributed by atoms with Crippen LogP contribution in [-0.2, 0) is 16.1 Å². The third-order valence-electron chi connectivity index (χ3n) is 3.00. The van der Waals surface area contributed by atoms with Gasteiger partial charge >= 0.3 is 0 Å². The summed E-state index contributed by atoms with van der Waals surface area (Å²) in [6.45, 7) is 7.51. The lowest BCUT2D eigenvalue weighted by molar-refractivity contribution is -0.121. The quantitative estimate of drug-likeness (QED) is 0.795. The predicted octanol–water partition coefficient (Wildman–Crippen LogP) is 2.55. The number of amides is 1. The summed E-state index contributed by atoms with van der Waals surface area (Å²) >= 11 is 0. The molecule has 0 atom stereocenters. The number of hydrogen-bond acceptors (Lipinski definition) is 3. The van der Waals surface area contributed by atoms with Crippen molar-refractivity contribution >= 4 is 11.6 Å². The van der Waals surface area contributed by atoms with Crippen LogP contribution in [0.2, 0.25) is 0 Å². The summed E-state index contributed by atoms with van der Waals surface area (Å²) in [4.78, 5) is 12.0. The smallest absolute Gasteiger partial charge is 0.227 e. The van der Waals surface area contributed by atoms with Crippen molar-refractivity contribution in [3.63, 3.8) is 0 Å². The summed E-state index contributed by atoms with van der Waals surface area (Å²) in [5.74, 6) is -0.0317. The van der Waals surface area contributed by atoms with Crippen molar-refractivity contribution in [3.05, 3.63) is 29.8 Å². The number of methoxy groups -OCH3 is 1. The first-order chi connectivity index (χ1) is 8.98. The molecular formula is C15H24N2O2. The SMILES string of the molecule is CCNCc1ccccc1NC(=O)CC(C)(C)OC. The Morgan fingerprint density at radius 1 is 1.32 bits per heavy atom. The number of ether oxygens (including phenoxy) is 1. The number of benzene rings is 1. The van der Waals surface area contributed by atoms with E-state index in [9.17, 15) is 4.79 Å². The highest BCUT2D eigenvalue weighted by molar-refractivity contribution is 5.92. The van der Waals surface area contributed by atoms with Gasteiger partial charge in [-0.2, -0.15) is 0 Å². The van der Waals surface area contributed by atoms with Gasteiger partial charge in [0.2, 0.25) is 5.91 Å². The van der Waals surface area contributed by atoms with E-state index in [1.54, 1.807) is 7.11 Å². The van der Waals surface area contributed by atoms with Crippen LogP contribution in [0.25, 0.3) is 0 Å². The molecule has 0 heterocycles. The third kappa shape index (κ3) is 5.41. The zero-order valence-corrected chi connectivity index (χ0v) is 12.2. The molecule has 1 aromatic carbocycles. The van der Waals surface area contributed by atoms with Gasteiger partial charge in [-0.3, -0.25) is 4.79 Å². The van der Waals surface area contributed by atoms with Gasteiger partial charge in [-0.25, -0.2) is 0 Å². The Kier molecular flexibility index (Phi) is 5.99. The van der Waals surface area contributed by atoms with Crippen LogP contribution in [0, 0.1) is 0 Å². The maximum absolute atomic E-state index is 12.0. The highest BCUT2D eigenvalue weighted by Crippen LogP contribution is 2.18. The van der Waals surface area contributed by atoms with E-state index < -0.39 is 5.60 Å². The lowest BCUT2D eigenvalue weighted by Gasteiger charge is -2.22. The Labute approximate surface area is 115 Å². The first-order valence-corrected chi connectivity index (χ1v) is 6.62. The Balaban J connectivity index is 2.68. The van der Waals surface area contributed by atoms with Crippen LogP contribution in [0.3, 0.4) is 0 Å². The number of rotatable bonds is 7. The molecule has 0 bridgehead atoms. The van der Waals surface area contributed by atoms with Gasteiger partial charge in [0.1, 0.15) is 0 Å². The van der Waals surface area contributed by atoms with Crippen molar-refractivity contribution in [3.8, 4) is 0 Å². The molecule has 4 nitrogen and oxygen atoms in total. The van der Waals surface area contributed by atoms with Crippen LogP contribution in [0.1, 0.15) is 32.8 Å². The minimum Gasteiger partial charge on any atom is -0.378 e. The van der Waals surface area contributed by atoms with Crippen molar-refractivity contribution in [1.29, 1.82) is 0 Å². The molecule has 0 aliphatic heterocycles. The summed E-state index contributed by atoms with van der Waals surface area (Å²) in [6.07, 6.45) is 0.332. The van der Waals surface area contributed by atoms with Gasteiger partial charge in [0, 0.05) is 19.3 Å². The van der Waals surface area contributed by atoms with E-state index >= 15 is 0 Å². The van der Waals surface area contributed by atoms with E-state index in [1.165, 1.54) is 0 Å². The molecule has 0 fully saturated rings. The number of carbonyl (C=O) groups excluding carboxylic acids is 1. The number of nitrogens with one attached hydrogen (secondary N) is 2. The Morgan fingerprint density at radius 2 is 2.00 bits per heavy atom. The zero-order chi connectivity index (χ0) is 14.3. The van der Waals surface area contributed by atoms with E-state index in [0.717, 1.165) is 24.3 Å². The van der Waals surface area contributed by atoms with E-state index in [-0.39, 0.29) is 5.91 Å². The summed E-state index contributed by atoms with van der Waals surface area (Å²) in [5.41, 5.74) is 1.51. The van der Waals surface area contributed by atoms with Gasteiger partial charge in [0.25, 0.3) is 0 Å². The van der Waals surface area contributed by atoms with Crippen molar-refractivity contribution in [2.45, 2.75) is 39.3 Å². The Morgan fingerprint density at radius 3 is 2.63 bits per heavy atom. The molecule has 0 aliphatic rings. The lowest BCUT2D eigenvalue weighted by Crippen LogP contribution is -2.29. The summed E-state index contributed by atoms with van der Waals surface area (Å²) in [6, 6.07) is 7.83. The summed E-state index contributed by atoms with van der Waals surface area (Å²) in [7, 11) is 1.62. The minimum absolute atomic E-state index is 0.0317. The Hall–Kier alpha value is -1.39. The average molecular weight is 264 g/mol. The molecule has 106 valence electrons. The van der Waals surface area contributed by atoms with Crippen molar-refractivity contribution in [2.24, 2.45) is 0 Å². The fraction of sp³-hybridized carbons (Fsp3) is 0.533. The molecule has 0 aromatic heterocycles. The summed E-state index contributed by atoms with van der Waals surface area (Å²) in [5, 5.41) is 6.21. The van der Waals surface area contributed by atoms with Crippen molar-refractivity contribution < 1.29 is 9.53 Å². The molecule has 1 rings (SSSR count). The largest absolute Gasteiger partial charge is 0.378 e. The van der Waals surface area contributed by atoms with Gasteiger partial charge in [0.15, 0.2) is 0 Å². The van der Waals surface area contributed by atoms with Gasteiger partial charge in [-0.05, 0) is 32.0 Å². The average Bonchev–Trinajstić information content (AvgIpc) is 2.37. The van der Waals surface area contributed by atoms with Crippen LogP contribution in [0.4, 0.5) is 5.69 Å². The second kappa shape index (κ2) is 7.26. The fourth-order valence-corrected chi connectivity index (χ4v) is 1.71. The van der Waals surface area contributed by atoms with Crippen LogP contribution >= 0.6 is 0 Å². The van der Waals surface area contributed by atoms with Crippen molar-refractivity contribution in [2.75, 3.05) is 19.0 Å². The highest BCUT2D eigenvalue weighted by Gasteiger charge is 2.21. The first kappa shape index (κ1) is 15.7. The molecule has 0 spiro atoms. The van der Waals surface area contributed by atoms with Gasteiger partial charge < -0.3 is 15.4 Å². The van der Waals surface area contributed by atoms with E-state index in [0.29, 0.717) is 6.42 Å². The molecule has 0 unspecified atom stereocenters. The second-order valence-corrected chi connectivity index (χ2v) is 5.13. The topological polar surface area (TPSA) is 50.4 Å². The van der Waals surface area contributed by atoms with E-state index in [1.807, 2.05) is 38.1 Å². The molecule has 0 saturated carbocycles. The molecule has 2 N–H and O–H groups in total. The normalized spacial score (nSPS) is 11.4. The fourth-order valence-electron chi connectivity index (χ4n) is 1.71.